The summed E-state index contributed by atoms with van der Waals surface area (Å²) < 4.78 is 4.88. The fourth-order valence-corrected chi connectivity index (χ4v) is 1.65. The van der Waals surface area contributed by atoms with Gasteiger partial charge in [-0.05, 0) is 12.8 Å². The van der Waals surface area contributed by atoms with E-state index in [0.29, 0.717) is 11.8 Å². The molecule has 0 aromatic carbocycles. The van der Waals surface area contributed by atoms with Crippen molar-refractivity contribution in [2.75, 3.05) is 0 Å². The predicted molar refractivity (Wildman–Crippen MR) is 46.2 cm³/mol. The number of oxazole rings is 1. The molecule has 0 bridgehead atoms. The highest BCUT2D eigenvalue weighted by Crippen LogP contribution is 2.17. The maximum Gasteiger partial charge on any atom is 0.288 e. The number of hydrogen-bond donors (Lipinski definition) is 1. The highest BCUT2D eigenvalue weighted by atomic mass is 16.3. The van der Waals surface area contributed by atoms with Gasteiger partial charge in [-0.3, -0.25) is 4.79 Å². The number of amides is 1. The molecule has 0 unspecified atom stereocenters. The van der Waals surface area contributed by atoms with Crippen molar-refractivity contribution in [3.05, 3.63) is 18.4 Å². The van der Waals surface area contributed by atoms with E-state index in [0.717, 1.165) is 12.8 Å². The summed E-state index contributed by atoms with van der Waals surface area (Å²) >= 11 is 0. The van der Waals surface area contributed by atoms with Crippen molar-refractivity contribution in [2.24, 2.45) is 0 Å². The molecule has 4 heteroatoms. The minimum atomic E-state index is -0.149. The van der Waals surface area contributed by atoms with Crippen LogP contribution >= 0.6 is 0 Å². The van der Waals surface area contributed by atoms with E-state index < -0.39 is 0 Å². The van der Waals surface area contributed by atoms with Crippen LogP contribution in [0.2, 0.25) is 0 Å². The molecule has 4 nitrogen and oxygen atoms in total. The Morgan fingerprint density at radius 3 is 2.92 bits per heavy atom. The number of nitrogens with zero attached hydrogens (tertiary/aromatic N) is 1. The second-order valence-electron chi connectivity index (χ2n) is 3.32. The maximum atomic E-state index is 11.4. The summed E-state index contributed by atoms with van der Waals surface area (Å²) in [4.78, 5) is 15.1. The van der Waals surface area contributed by atoms with E-state index in [9.17, 15) is 4.79 Å². The van der Waals surface area contributed by atoms with Crippen LogP contribution in [-0.4, -0.2) is 16.9 Å². The summed E-state index contributed by atoms with van der Waals surface area (Å²) in [5.41, 5.74) is 0. The average molecular weight is 180 g/mol. The molecule has 1 N–H and O–H groups in total. The minimum absolute atomic E-state index is 0.149. The Morgan fingerprint density at radius 1 is 1.54 bits per heavy atom. The van der Waals surface area contributed by atoms with E-state index in [1.54, 1.807) is 0 Å². The van der Waals surface area contributed by atoms with Crippen molar-refractivity contribution in [1.82, 2.24) is 10.3 Å². The Balaban J connectivity index is 1.91. The lowest BCUT2D eigenvalue weighted by Gasteiger charge is -2.09. The second-order valence-corrected chi connectivity index (χ2v) is 3.32. The molecule has 1 aliphatic rings. The monoisotopic (exact) mass is 180 g/mol. The van der Waals surface area contributed by atoms with E-state index >= 15 is 0 Å². The molecule has 1 amide bonds. The molecule has 1 fully saturated rings. The molecule has 1 aromatic heterocycles. The van der Waals surface area contributed by atoms with E-state index in [1.807, 2.05) is 0 Å². The maximum absolute atomic E-state index is 11.4. The summed E-state index contributed by atoms with van der Waals surface area (Å²) in [6, 6.07) is 0.331. The Kier molecular flexibility index (Phi) is 2.29. The smallest absolute Gasteiger partial charge is 0.288 e. The molecule has 1 heterocycles. The van der Waals surface area contributed by atoms with Gasteiger partial charge in [0.25, 0.3) is 5.91 Å². The fraction of sp³-hybridized carbons (Fsp3) is 0.556. The molecule has 0 radical (unpaired) electrons. The zero-order valence-electron chi connectivity index (χ0n) is 7.32. The Bertz CT molecular complexity index is 276. The Morgan fingerprint density at radius 2 is 2.31 bits per heavy atom. The van der Waals surface area contributed by atoms with Gasteiger partial charge in [0.1, 0.15) is 0 Å². The summed E-state index contributed by atoms with van der Waals surface area (Å²) in [7, 11) is 0. The average Bonchev–Trinajstić information content (AvgIpc) is 2.74. The molecule has 0 saturated heterocycles. The van der Waals surface area contributed by atoms with Crippen LogP contribution in [0.15, 0.2) is 17.0 Å². The molecular formula is C9H12N2O2. The number of carbonyl (C=O) groups is 1. The fourth-order valence-electron chi connectivity index (χ4n) is 1.65. The van der Waals surface area contributed by atoms with Gasteiger partial charge in [-0.2, -0.15) is 0 Å². The molecule has 1 aliphatic carbocycles. The third-order valence-corrected chi connectivity index (χ3v) is 2.35. The molecule has 0 atom stereocenters. The topological polar surface area (TPSA) is 55.1 Å². The first-order chi connectivity index (χ1) is 6.36. The number of rotatable bonds is 2. The highest BCUT2D eigenvalue weighted by molar-refractivity contribution is 5.91. The van der Waals surface area contributed by atoms with E-state index in [1.165, 1.54) is 25.4 Å². The van der Waals surface area contributed by atoms with Crippen molar-refractivity contribution < 1.29 is 9.21 Å². The zero-order valence-corrected chi connectivity index (χ0v) is 7.32. The largest absolute Gasteiger partial charge is 0.438 e. The van der Waals surface area contributed by atoms with Crippen molar-refractivity contribution in [3.63, 3.8) is 0 Å². The Hall–Kier alpha value is -1.32. The van der Waals surface area contributed by atoms with Crippen LogP contribution in [0.5, 0.6) is 0 Å². The lowest BCUT2D eigenvalue weighted by Crippen LogP contribution is -2.32. The van der Waals surface area contributed by atoms with E-state index in [4.69, 9.17) is 4.42 Å². The van der Waals surface area contributed by atoms with Crippen molar-refractivity contribution in [2.45, 2.75) is 31.7 Å². The minimum Gasteiger partial charge on any atom is -0.438 e. The van der Waals surface area contributed by atoms with Gasteiger partial charge in [0.15, 0.2) is 6.39 Å². The first-order valence-corrected chi connectivity index (χ1v) is 4.55. The van der Waals surface area contributed by atoms with Crippen LogP contribution < -0.4 is 5.32 Å². The molecular weight excluding hydrogens is 168 g/mol. The number of hydrogen-bond acceptors (Lipinski definition) is 3. The lowest BCUT2D eigenvalue weighted by molar-refractivity contribution is 0.0910. The highest BCUT2D eigenvalue weighted by Gasteiger charge is 2.19. The van der Waals surface area contributed by atoms with E-state index in [2.05, 4.69) is 10.3 Å². The normalized spacial score (nSPS) is 17.5. The van der Waals surface area contributed by atoms with Crippen LogP contribution in [0.4, 0.5) is 0 Å². The standard InChI is InChI=1S/C9H12N2O2/c12-9(8-5-10-6-13-8)11-7-3-1-2-4-7/h5-7H,1-4H2,(H,11,12). The van der Waals surface area contributed by atoms with Gasteiger partial charge in [0.05, 0.1) is 6.20 Å². The quantitative estimate of drug-likeness (QED) is 0.747. The van der Waals surface area contributed by atoms with Gasteiger partial charge in [0.2, 0.25) is 5.76 Å². The van der Waals surface area contributed by atoms with Crippen LogP contribution in [-0.2, 0) is 0 Å². The second kappa shape index (κ2) is 3.60. The molecule has 2 rings (SSSR count). The summed E-state index contributed by atoms with van der Waals surface area (Å²) in [5.74, 6) is 0.149. The van der Waals surface area contributed by atoms with Gasteiger partial charge in [-0.1, -0.05) is 12.8 Å². The zero-order chi connectivity index (χ0) is 9.10. The predicted octanol–water partition coefficient (Wildman–Crippen LogP) is 1.35. The number of carbonyl (C=O) groups excluding carboxylic acids is 1. The van der Waals surface area contributed by atoms with Crippen molar-refractivity contribution in [1.29, 1.82) is 0 Å². The summed E-state index contributed by atoms with van der Waals surface area (Å²) in [5, 5.41) is 2.91. The van der Waals surface area contributed by atoms with Crippen LogP contribution in [0.1, 0.15) is 36.2 Å². The van der Waals surface area contributed by atoms with Gasteiger partial charge >= 0.3 is 0 Å². The van der Waals surface area contributed by atoms with Gasteiger partial charge < -0.3 is 9.73 Å². The van der Waals surface area contributed by atoms with Crippen LogP contribution in [0.3, 0.4) is 0 Å². The van der Waals surface area contributed by atoms with Gasteiger partial charge in [-0.15, -0.1) is 0 Å². The molecule has 70 valence electrons. The van der Waals surface area contributed by atoms with Crippen LogP contribution in [0, 0.1) is 0 Å². The van der Waals surface area contributed by atoms with Gasteiger partial charge in [0, 0.05) is 6.04 Å². The van der Waals surface area contributed by atoms with Gasteiger partial charge in [-0.25, -0.2) is 4.98 Å². The SMILES string of the molecule is O=C(NC1CCCC1)c1cnco1. The van der Waals surface area contributed by atoms with Crippen LogP contribution in [0.25, 0.3) is 0 Å². The van der Waals surface area contributed by atoms with Crippen molar-refractivity contribution >= 4 is 5.91 Å². The third-order valence-electron chi connectivity index (χ3n) is 2.35. The molecule has 1 saturated carbocycles. The molecule has 1 aromatic rings. The lowest BCUT2D eigenvalue weighted by atomic mass is 10.2. The summed E-state index contributed by atoms with van der Waals surface area (Å²) in [6.07, 6.45) is 7.29. The molecule has 0 spiro atoms. The number of aromatic nitrogens is 1. The van der Waals surface area contributed by atoms with E-state index in [-0.39, 0.29) is 5.91 Å². The number of nitrogens with one attached hydrogen (secondary N) is 1. The molecule has 13 heavy (non-hydrogen) atoms. The van der Waals surface area contributed by atoms with Crippen molar-refractivity contribution in [3.8, 4) is 0 Å². The first kappa shape index (κ1) is 8.29. The Labute approximate surface area is 76.3 Å². The summed E-state index contributed by atoms with van der Waals surface area (Å²) in [6.45, 7) is 0. The first-order valence-electron chi connectivity index (χ1n) is 4.55. The molecule has 0 aliphatic heterocycles. The third kappa shape index (κ3) is 1.88.